The predicted molar refractivity (Wildman–Crippen MR) is 131 cm³/mol. The SMILES string of the molecule is CC(C)C(=O)OCC(OC(=O)C(C)C)C(OC(=O)C(C)C)C(OC(=O)C(C)C)C(C=O)OC(=O)C(C)C. The third-order valence-corrected chi connectivity index (χ3v) is 4.92. The Morgan fingerprint density at radius 2 is 0.865 bits per heavy atom. The molecule has 0 aliphatic carbocycles. The normalized spacial score (nSPS) is 14.7. The van der Waals surface area contributed by atoms with Gasteiger partial charge in [0.15, 0.2) is 30.7 Å². The highest BCUT2D eigenvalue weighted by Crippen LogP contribution is 2.23. The van der Waals surface area contributed by atoms with Crippen LogP contribution in [0.4, 0.5) is 0 Å². The van der Waals surface area contributed by atoms with Crippen molar-refractivity contribution in [1.82, 2.24) is 0 Å². The summed E-state index contributed by atoms with van der Waals surface area (Å²) >= 11 is 0. The van der Waals surface area contributed by atoms with Gasteiger partial charge in [0.25, 0.3) is 0 Å². The van der Waals surface area contributed by atoms with Gasteiger partial charge in [-0.05, 0) is 0 Å². The maximum atomic E-state index is 12.7. The molecule has 0 aliphatic rings. The van der Waals surface area contributed by atoms with Crippen LogP contribution in [-0.4, -0.2) is 67.2 Å². The molecule has 4 atom stereocenters. The van der Waals surface area contributed by atoms with E-state index in [-0.39, 0.29) is 6.29 Å². The molecule has 37 heavy (non-hydrogen) atoms. The lowest BCUT2D eigenvalue weighted by Gasteiger charge is -2.35. The van der Waals surface area contributed by atoms with Crippen LogP contribution in [0.5, 0.6) is 0 Å². The van der Waals surface area contributed by atoms with E-state index in [2.05, 4.69) is 0 Å². The maximum Gasteiger partial charge on any atom is 0.309 e. The van der Waals surface area contributed by atoms with Crippen LogP contribution in [0.15, 0.2) is 0 Å². The molecule has 0 fully saturated rings. The zero-order valence-corrected chi connectivity index (χ0v) is 23.5. The Kier molecular flexibility index (Phi) is 14.7. The maximum absolute atomic E-state index is 12.7. The quantitative estimate of drug-likeness (QED) is 0.175. The van der Waals surface area contributed by atoms with Gasteiger partial charge in [0.2, 0.25) is 0 Å². The van der Waals surface area contributed by atoms with E-state index in [0.717, 1.165) is 0 Å². The molecule has 11 heteroatoms. The van der Waals surface area contributed by atoms with Crippen molar-refractivity contribution >= 4 is 36.1 Å². The van der Waals surface area contributed by atoms with Crippen molar-refractivity contribution in [2.75, 3.05) is 6.61 Å². The molecule has 0 aromatic heterocycles. The van der Waals surface area contributed by atoms with Gasteiger partial charge in [0.05, 0.1) is 29.6 Å². The molecule has 0 N–H and O–H groups in total. The van der Waals surface area contributed by atoms with E-state index >= 15 is 0 Å². The molecule has 212 valence electrons. The highest BCUT2D eigenvalue weighted by Gasteiger charge is 2.46. The molecule has 4 unspecified atom stereocenters. The van der Waals surface area contributed by atoms with E-state index < -0.39 is 90.5 Å². The Hall–Kier alpha value is -2.98. The van der Waals surface area contributed by atoms with Crippen LogP contribution in [0.25, 0.3) is 0 Å². The molecular weight excluding hydrogens is 488 g/mol. The Morgan fingerprint density at radius 1 is 0.514 bits per heavy atom. The molecule has 11 nitrogen and oxygen atoms in total. The first-order chi connectivity index (χ1) is 17.0. The van der Waals surface area contributed by atoms with Gasteiger partial charge in [-0.15, -0.1) is 0 Å². The summed E-state index contributed by atoms with van der Waals surface area (Å²) in [6.45, 7) is 14.9. The molecule has 0 radical (unpaired) electrons. The van der Waals surface area contributed by atoms with Gasteiger partial charge >= 0.3 is 29.8 Å². The van der Waals surface area contributed by atoms with Crippen LogP contribution in [0, 0.1) is 29.6 Å². The summed E-state index contributed by atoms with van der Waals surface area (Å²) in [6, 6.07) is 0. The minimum atomic E-state index is -1.72. The fraction of sp³-hybridized carbons (Fsp3) is 0.769. The Labute approximate surface area is 218 Å². The lowest BCUT2D eigenvalue weighted by Crippen LogP contribution is -2.54. The van der Waals surface area contributed by atoms with Crippen molar-refractivity contribution in [3.63, 3.8) is 0 Å². The van der Waals surface area contributed by atoms with Crippen LogP contribution in [-0.2, 0) is 52.5 Å². The summed E-state index contributed by atoms with van der Waals surface area (Å²) in [5.41, 5.74) is 0. The van der Waals surface area contributed by atoms with Crippen molar-refractivity contribution < 1.29 is 52.5 Å². The second kappa shape index (κ2) is 16.0. The highest BCUT2D eigenvalue weighted by atomic mass is 16.6. The number of hydrogen-bond donors (Lipinski definition) is 0. The van der Waals surface area contributed by atoms with Crippen molar-refractivity contribution in [3.8, 4) is 0 Å². The van der Waals surface area contributed by atoms with Crippen molar-refractivity contribution in [2.45, 2.75) is 93.7 Å². The van der Waals surface area contributed by atoms with Gasteiger partial charge in [-0.25, -0.2) is 0 Å². The average Bonchev–Trinajstić information content (AvgIpc) is 2.81. The number of carbonyl (C=O) groups is 6. The van der Waals surface area contributed by atoms with E-state index in [4.69, 9.17) is 23.7 Å². The van der Waals surface area contributed by atoms with E-state index in [1.165, 1.54) is 27.7 Å². The van der Waals surface area contributed by atoms with Crippen LogP contribution in [0.3, 0.4) is 0 Å². The number of esters is 5. The lowest BCUT2D eigenvalue weighted by molar-refractivity contribution is -0.207. The number of hydrogen-bond acceptors (Lipinski definition) is 11. The van der Waals surface area contributed by atoms with Crippen molar-refractivity contribution in [2.24, 2.45) is 29.6 Å². The van der Waals surface area contributed by atoms with Gasteiger partial charge < -0.3 is 23.7 Å². The molecule has 0 heterocycles. The summed E-state index contributed by atoms with van der Waals surface area (Å²) in [5, 5.41) is 0. The fourth-order valence-corrected chi connectivity index (χ4v) is 2.47. The molecular formula is C26H42O11. The molecule has 0 spiro atoms. The Morgan fingerprint density at radius 3 is 1.24 bits per heavy atom. The summed E-state index contributed by atoms with van der Waals surface area (Å²) in [4.78, 5) is 74.4. The summed E-state index contributed by atoms with van der Waals surface area (Å²) < 4.78 is 27.1. The lowest BCUT2D eigenvalue weighted by atomic mass is 10.0. The van der Waals surface area contributed by atoms with E-state index in [1.54, 1.807) is 41.5 Å². The van der Waals surface area contributed by atoms with Crippen LogP contribution < -0.4 is 0 Å². The van der Waals surface area contributed by atoms with Gasteiger partial charge in [0.1, 0.15) is 6.61 Å². The molecule has 0 rings (SSSR count). The van der Waals surface area contributed by atoms with E-state index in [1.807, 2.05) is 0 Å². The molecule has 0 saturated heterocycles. The van der Waals surface area contributed by atoms with Crippen LogP contribution >= 0.6 is 0 Å². The van der Waals surface area contributed by atoms with Crippen LogP contribution in [0.1, 0.15) is 69.2 Å². The molecule has 0 aromatic carbocycles. The largest absolute Gasteiger partial charge is 0.461 e. The minimum absolute atomic E-state index is 0.232. The minimum Gasteiger partial charge on any atom is -0.461 e. The molecule has 0 bridgehead atoms. The predicted octanol–water partition coefficient (Wildman–Crippen LogP) is 2.66. The topological polar surface area (TPSA) is 149 Å². The van der Waals surface area contributed by atoms with E-state index in [9.17, 15) is 28.8 Å². The van der Waals surface area contributed by atoms with Gasteiger partial charge in [-0.2, -0.15) is 0 Å². The van der Waals surface area contributed by atoms with E-state index in [0.29, 0.717) is 0 Å². The van der Waals surface area contributed by atoms with Crippen LogP contribution in [0.2, 0.25) is 0 Å². The summed E-state index contributed by atoms with van der Waals surface area (Å²) in [5.74, 6) is -6.85. The standard InChI is InChI=1S/C26H42O11/c1-13(2)22(28)33-12-19(35-24(30)15(5)6)21(37-26(32)17(9)10)20(36-25(31)16(7)8)18(11-27)34-23(29)14(3)4/h11,13-21H,12H2,1-10H3. The smallest absolute Gasteiger partial charge is 0.309 e. The zero-order chi connectivity index (χ0) is 29.0. The van der Waals surface area contributed by atoms with Gasteiger partial charge in [-0.1, -0.05) is 69.2 Å². The summed E-state index contributed by atoms with van der Waals surface area (Å²) in [6.07, 6.45) is -6.35. The highest BCUT2D eigenvalue weighted by molar-refractivity contribution is 5.77. The number of carbonyl (C=O) groups excluding carboxylic acids is 6. The molecule has 0 saturated carbocycles. The van der Waals surface area contributed by atoms with Crippen molar-refractivity contribution in [1.29, 1.82) is 0 Å². The fourth-order valence-electron chi connectivity index (χ4n) is 2.47. The zero-order valence-electron chi connectivity index (χ0n) is 23.5. The molecule has 0 aliphatic heterocycles. The third kappa shape index (κ3) is 11.7. The first-order valence-electron chi connectivity index (χ1n) is 12.5. The van der Waals surface area contributed by atoms with Crippen molar-refractivity contribution in [3.05, 3.63) is 0 Å². The third-order valence-electron chi connectivity index (χ3n) is 4.92. The second-order valence-electron chi connectivity index (χ2n) is 10.2. The number of aldehydes is 1. The second-order valence-corrected chi connectivity index (χ2v) is 10.2. The first kappa shape index (κ1) is 34.0. The molecule has 0 amide bonds. The number of ether oxygens (including phenoxy) is 5. The molecule has 0 aromatic rings. The Balaban J connectivity index is 6.76. The van der Waals surface area contributed by atoms with Gasteiger partial charge in [0, 0.05) is 0 Å². The summed E-state index contributed by atoms with van der Waals surface area (Å²) in [7, 11) is 0. The average molecular weight is 531 g/mol. The first-order valence-corrected chi connectivity index (χ1v) is 12.5. The monoisotopic (exact) mass is 530 g/mol. The Bertz CT molecular complexity index is 798. The number of rotatable bonds is 15. The van der Waals surface area contributed by atoms with Gasteiger partial charge in [-0.3, -0.25) is 28.8 Å².